The molecule has 0 aromatic heterocycles. The van der Waals surface area contributed by atoms with Gasteiger partial charge in [-0.25, -0.2) is 18.4 Å². The van der Waals surface area contributed by atoms with Crippen molar-refractivity contribution in [3.05, 3.63) is 113 Å². The summed E-state index contributed by atoms with van der Waals surface area (Å²) < 4.78 is 49.9. The number of anilines is 2. The third kappa shape index (κ3) is 8.22. The van der Waals surface area contributed by atoms with Crippen molar-refractivity contribution >= 4 is 23.4 Å². The Morgan fingerprint density at radius 1 is 0.674 bits per heavy atom. The van der Waals surface area contributed by atoms with Gasteiger partial charge in [0.25, 0.3) is 0 Å². The minimum absolute atomic E-state index is 0.0352. The zero-order valence-electron chi connectivity index (χ0n) is 24.4. The van der Waals surface area contributed by atoms with Gasteiger partial charge in [0.2, 0.25) is 0 Å². The van der Waals surface area contributed by atoms with Crippen molar-refractivity contribution in [1.29, 1.82) is 0 Å². The van der Waals surface area contributed by atoms with E-state index in [1.165, 1.54) is 50.6 Å². The first-order valence-electron chi connectivity index (χ1n) is 13.3. The van der Waals surface area contributed by atoms with Crippen LogP contribution in [0.1, 0.15) is 48.4 Å². The number of hydrogen-bond acceptors (Lipinski definition) is 6. The van der Waals surface area contributed by atoms with Crippen molar-refractivity contribution in [2.75, 3.05) is 24.9 Å². The van der Waals surface area contributed by atoms with Crippen molar-refractivity contribution < 1.29 is 37.3 Å². The minimum atomic E-state index is -0.824. The molecule has 0 atom stereocenters. The highest BCUT2D eigenvalue weighted by atomic mass is 19.1. The van der Waals surface area contributed by atoms with Gasteiger partial charge in [-0.05, 0) is 86.5 Å². The highest BCUT2D eigenvalue weighted by molar-refractivity contribution is 6.01. The number of hydrogen-bond donors (Lipinski definition) is 2. The van der Waals surface area contributed by atoms with Crippen molar-refractivity contribution in [3.63, 3.8) is 0 Å². The predicted molar refractivity (Wildman–Crippen MR) is 159 cm³/mol. The average Bonchev–Trinajstić information content (AvgIpc) is 2.96. The molecule has 0 saturated carbocycles. The number of rotatable bonds is 9. The molecule has 0 bridgehead atoms. The van der Waals surface area contributed by atoms with Gasteiger partial charge in [-0.15, -0.1) is 0 Å². The van der Waals surface area contributed by atoms with Crippen LogP contribution in [-0.4, -0.2) is 31.8 Å². The lowest BCUT2D eigenvalue weighted by molar-refractivity contribution is 0.00646. The Balaban J connectivity index is 1.65. The topological polar surface area (TPSA) is 95.1 Å². The highest BCUT2D eigenvalue weighted by Gasteiger charge is 2.25. The molecule has 10 heteroatoms. The van der Waals surface area contributed by atoms with E-state index < -0.39 is 35.3 Å². The number of methoxy groups -OCH3 is 2. The Hall–Kier alpha value is -5.12. The van der Waals surface area contributed by atoms with Crippen molar-refractivity contribution in [3.8, 4) is 17.2 Å². The molecule has 0 heterocycles. The Morgan fingerprint density at radius 3 is 1.65 bits per heavy atom. The van der Waals surface area contributed by atoms with Gasteiger partial charge in [-0.2, -0.15) is 0 Å². The normalized spacial score (nSPS) is 11.1. The molecule has 0 aliphatic rings. The predicted octanol–water partition coefficient (Wildman–Crippen LogP) is 7.75. The van der Waals surface area contributed by atoms with Gasteiger partial charge in [0.1, 0.15) is 34.7 Å². The molecule has 0 unspecified atom stereocenters. The highest BCUT2D eigenvalue weighted by Crippen LogP contribution is 2.34. The van der Waals surface area contributed by atoms with Crippen LogP contribution in [0.5, 0.6) is 17.2 Å². The molecule has 43 heavy (non-hydrogen) atoms. The first-order chi connectivity index (χ1) is 20.5. The summed E-state index contributed by atoms with van der Waals surface area (Å²) in [5.41, 5.74) is 1.08. The maximum absolute atomic E-state index is 13.7. The lowest BCUT2D eigenvalue weighted by atomic mass is 10.0. The lowest BCUT2D eigenvalue weighted by Crippen LogP contribution is -2.25. The number of urea groups is 1. The SMILES string of the molecule is COc1ccc(NC(=O)Nc2ccc(OC(c3ccc(F)cc3)c3ccc(F)cc3)c(C(=O)OC(C)(C)C)c2)cc1OC. The van der Waals surface area contributed by atoms with E-state index in [9.17, 15) is 18.4 Å². The van der Waals surface area contributed by atoms with E-state index in [0.717, 1.165) is 0 Å². The van der Waals surface area contributed by atoms with Crippen LogP contribution in [0.4, 0.5) is 25.0 Å². The summed E-state index contributed by atoms with van der Waals surface area (Å²) in [6, 6.07) is 20.2. The number of benzene rings is 4. The van der Waals surface area contributed by atoms with Gasteiger partial charge in [-0.1, -0.05) is 24.3 Å². The maximum Gasteiger partial charge on any atom is 0.342 e. The smallest absolute Gasteiger partial charge is 0.342 e. The Morgan fingerprint density at radius 2 is 1.16 bits per heavy atom. The average molecular weight is 591 g/mol. The van der Waals surface area contributed by atoms with E-state index in [-0.39, 0.29) is 17.0 Å². The summed E-state index contributed by atoms with van der Waals surface area (Å²) in [4.78, 5) is 26.2. The van der Waals surface area contributed by atoms with E-state index in [1.54, 1.807) is 69.3 Å². The molecule has 0 radical (unpaired) electrons. The number of halogens is 2. The summed E-state index contributed by atoms with van der Waals surface area (Å²) in [6.07, 6.45) is -0.824. The Bertz CT molecular complexity index is 1540. The summed E-state index contributed by atoms with van der Waals surface area (Å²) in [5.74, 6) is -0.477. The molecule has 4 aromatic carbocycles. The van der Waals surface area contributed by atoms with E-state index in [0.29, 0.717) is 28.3 Å². The Labute approximate surface area is 248 Å². The molecule has 0 spiro atoms. The fourth-order valence-corrected chi connectivity index (χ4v) is 4.14. The molecule has 0 fully saturated rings. The quantitative estimate of drug-likeness (QED) is 0.194. The Kier molecular flexibility index (Phi) is 9.49. The molecule has 8 nitrogen and oxygen atoms in total. The van der Waals surface area contributed by atoms with E-state index >= 15 is 0 Å². The monoisotopic (exact) mass is 590 g/mol. The molecule has 0 saturated heterocycles. The van der Waals surface area contributed by atoms with Gasteiger partial charge >= 0.3 is 12.0 Å². The third-order valence-corrected chi connectivity index (χ3v) is 6.09. The van der Waals surface area contributed by atoms with Gasteiger partial charge in [0.15, 0.2) is 11.5 Å². The molecular weight excluding hydrogens is 558 g/mol. The third-order valence-electron chi connectivity index (χ3n) is 6.09. The van der Waals surface area contributed by atoms with Crippen LogP contribution < -0.4 is 24.8 Å². The van der Waals surface area contributed by atoms with Crippen molar-refractivity contribution in [1.82, 2.24) is 0 Å². The number of carbonyl (C=O) groups is 2. The van der Waals surface area contributed by atoms with Crippen LogP contribution >= 0.6 is 0 Å². The molecule has 0 aliphatic heterocycles. The zero-order valence-corrected chi connectivity index (χ0v) is 24.4. The van der Waals surface area contributed by atoms with Crippen molar-refractivity contribution in [2.24, 2.45) is 0 Å². The number of nitrogens with one attached hydrogen (secondary N) is 2. The van der Waals surface area contributed by atoms with E-state index in [2.05, 4.69) is 10.6 Å². The molecule has 0 aliphatic carbocycles. The van der Waals surface area contributed by atoms with Crippen LogP contribution in [-0.2, 0) is 4.74 Å². The first kappa shape index (κ1) is 30.8. The van der Waals surface area contributed by atoms with E-state index in [4.69, 9.17) is 18.9 Å². The van der Waals surface area contributed by atoms with Crippen LogP contribution in [0.15, 0.2) is 84.9 Å². The van der Waals surface area contributed by atoms with Crippen LogP contribution in [0.25, 0.3) is 0 Å². The fraction of sp³-hybridized carbons (Fsp3) is 0.212. The fourth-order valence-electron chi connectivity index (χ4n) is 4.14. The number of amides is 2. The standard InChI is InChI=1S/C33H32F2N2O6/c1-33(2,3)43-31(38)26-18-24(36-32(39)37-25-15-17-28(40-4)29(19-25)41-5)14-16-27(26)42-30(20-6-10-22(34)11-7-20)21-8-12-23(35)13-9-21/h6-19,30H,1-5H3,(H2,36,37,39). The molecule has 224 valence electrons. The van der Waals surface area contributed by atoms with Crippen LogP contribution in [0.2, 0.25) is 0 Å². The first-order valence-corrected chi connectivity index (χ1v) is 13.3. The summed E-state index contributed by atoms with van der Waals surface area (Å²) >= 11 is 0. The minimum Gasteiger partial charge on any atom is -0.493 e. The van der Waals surface area contributed by atoms with Crippen LogP contribution in [0, 0.1) is 11.6 Å². The molecular formula is C33H32F2N2O6. The number of carbonyl (C=O) groups excluding carboxylic acids is 2. The van der Waals surface area contributed by atoms with E-state index in [1.807, 2.05) is 0 Å². The van der Waals surface area contributed by atoms with Gasteiger partial charge in [-0.3, -0.25) is 0 Å². The number of esters is 1. The second-order valence-electron chi connectivity index (χ2n) is 10.5. The van der Waals surface area contributed by atoms with Crippen LogP contribution in [0.3, 0.4) is 0 Å². The largest absolute Gasteiger partial charge is 0.493 e. The second-order valence-corrected chi connectivity index (χ2v) is 10.5. The van der Waals surface area contributed by atoms with Gasteiger partial charge < -0.3 is 29.6 Å². The summed E-state index contributed by atoms with van der Waals surface area (Å²) in [5, 5.41) is 5.41. The number of ether oxygens (including phenoxy) is 4. The molecule has 4 aromatic rings. The van der Waals surface area contributed by atoms with Crippen molar-refractivity contribution in [2.45, 2.75) is 32.5 Å². The lowest BCUT2D eigenvalue weighted by Gasteiger charge is -2.24. The second kappa shape index (κ2) is 13.2. The van der Waals surface area contributed by atoms with Gasteiger partial charge in [0.05, 0.1) is 14.2 Å². The summed E-state index contributed by atoms with van der Waals surface area (Å²) in [6.45, 7) is 5.18. The zero-order chi connectivity index (χ0) is 31.1. The molecule has 2 N–H and O–H groups in total. The maximum atomic E-state index is 13.7. The molecule has 4 rings (SSSR count). The van der Waals surface area contributed by atoms with Gasteiger partial charge in [0, 0.05) is 17.4 Å². The molecule has 2 amide bonds. The summed E-state index contributed by atoms with van der Waals surface area (Å²) in [7, 11) is 3.00.